The SMILES string of the molecule is N=C1/C(=C\c2ccc(-c3ccc(Cl)c([N+](=O)[O-])c3)o2)C(=O)N=C2SC(c3ccccc3)=NN12. The fourth-order valence-corrected chi connectivity index (χ4v) is 4.31. The van der Waals surface area contributed by atoms with Crippen LogP contribution in [-0.4, -0.2) is 31.9 Å². The average molecular weight is 478 g/mol. The Kier molecular flexibility index (Phi) is 5.15. The summed E-state index contributed by atoms with van der Waals surface area (Å²) in [5.41, 5.74) is 1.09. The number of nitro benzene ring substituents is 1. The summed E-state index contributed by atoms with van der Waals surface area (Å²) >= 11 is 7.08. The van der Waals surface area contributed by atoms with E-state index in [1.807, 2.05) is 30.3 Å². The molecule has 0 spiro atoms. The van der Waals surface area contributed by atoms with Gasteiger partial charge in [-0.05, 0) is 42.1 Å². The second-order valence-corrected chi connectivity index (χ2v) is 8.28. The van der Waals surface area contributed by atoms with E-state index in [4.69, 9.17) is 21.4 Å². The van der Waals surface area contributed by atoms with Gasteiger partial charge in [-0.15, -0.1) is 0 Å². The van der Waals surface area contributed by atoms with Crippen LogP contribution in [0.4, 0.5) is 5.69 Å². The van der Waals surface area contributed by atoms with Gasteiger partial charge in [-0.2, -0.15) is 15.1 Å². The molecule has 1 N–H and O–H groups in total. The molecule has 9 nitrogen and oxygen atoms in total. The standard InChI is InChI=1S/C22H12ClN5O4S/c23-16-8-6-13(10-17(16)28(30)31)18-9-7-14(32-18)11-15-19(24)27-22(25-20(15)29)33-21(26-27)12-4-2-1-3-5-12/h1-11,24H/b15-11+,24-19?. The van der Waals surface area contributed by atoms with Crippen LogP contribution in [0.15, 0.2) is 80.7 Å². The molecule has 2 aliphatic heterocycles. The van der Waals surface area contributed by atoms with E-state index in [1.165, 1.54) is 35.0 Å². The molecule has 3 heterocycles. The van der Waals surface area contributed by atoms with Crippen molar-refractivity contribution < 1.29 is 14.1 Å². The first-order valence-corrected chi connectivity index (χ1v) is 10.7. The van der Waals surface area contributed by atoms with Crippen LogP contribution < -0.4 is 0 Å². The second kappa shape index (κ2) is 8.15. The predicted octanol–water partition coefficient (Wildman–Crippen LogP) is 5.18. The molecule has 162 valence electrons. The molecular formula is C22H12ClN5O4S. The number of nitro groups is 1. The summed E-state index contributed by atoms with van der Waals surface area (Å²) in [5.74, 6) is -0.0676. The molecule has 0 aliphatic carbocycles. The Bertz CT molecular complexity index is 1430. The van der Waals surface area contributed by atoms with Gasteiger partial charge in [0.25, 0.3) is 11.6 Å². The second-order valence-electron chi connectivity index (χ2n) is 6.92. The third-order valence-corrected chi connectivity index (χ3v) is 6.09. The molecule has 0 radical (unpaired) electrons. The first-order chi connectivity index (χ1) is 15.9. The van der Waals surface area contributed by atoms with Crippen LogP contribution >= 0.6 is 23.4 Å². The van der Waals surface area contributed by atoms with E-state index >= 15 is 0 Å². The number of benzene rings is 2. The fourth-order valence-electron chi connectivity index (χ4n) is 3.22. The number of fused-ring (bicyclic) bond motifs is 1. The number of aliphatic imine (C=N–C) groups is 1. The molecule has 0 bridgehead atoms. The van der Waals surface area contributed by atoms with Crippen LogP contribution in [0.2, 0.25) is 5.02 Å². The van der Waals surface area contributed by atoms with Crippen molar-refractivity contribution in [2.45, 2.75) is 0 Å². The zero-order valence-corrected chi connectivity index (χ0v) is 18.1. The van der Waals surface area contributed by atoms with Gasteiger partial charge in [0.1, 0.15) is 21.6 Å². The van der Waals surface area contributed by atoms with E-state index in [0.717, 1.165) is 5.56 Å². The minimum atomic E-state index is -0.580. The van der Waals surface area contributed by atoms with E-state index in [-0.39, 0.29) is 27.9 Å². The molecule has 0 saturated carbocycles. The highest BCUT2D eigenvalue weighted by Gasteiger charge is 2.36. The van der Waals surface area contributed by atoms with Crippen LogP contribution in [0.5, 0.6) is 0 Å². The summed E-state index contributed by atoms with van der Waals surface area (Å²) in [6.07, 6.45) is 1.40. The van der Waals surface area contributed by atoms with Crippen molar-refractivity contribution in [3.8, 4) is 11.3 Å². The smallest absolute Gasteiger partial charge is 0.288 e. The third-order valence-electron chi connectivity index (χ3n) is 4.82. The van der Waals surface area contributed by atoms with E-state index in [2.05, 4.69) is 10.1 Å². The minimum absolute atomic E-state index is 0.0143. The first kappa shape index (κ1) is 20.9. The van der Waals surface area contributed by atoms with Crippen molar-refractivity contribution in [1.82, 2.24) is 5.01 Å². The number of hydrogen-bond donors (Lipinski definition) is 1. The van der Waals surface area contributed by atoms with E-state index in [0.29, 0.717) is 21.5 Å². The summed E-state index contributed by atoms with van der Waals surface area (Å²) in [6.45, 7) is 0. The van der Waals surface area contributed by atoms with Gasteiger partial charge in [0.2, 0.25) is 5.17 Å². The Morgan fingerprint density at radius 1 is 1.12 bits per heavy atom. The number of amidine groups is 2. The summed E-state index contributed by atoms with van der Waals surface area (Å²) in [6, 6.07) is 17.0. The molecular weight excluding hydrogens is 466 g/mol. The van der Waals surface area contributed by atoms with Crippen molar-refractivity contribution in [3.63, 3.8) is 0 Å². The minimum Gasteiger partial charge on any atom is -0.457 e. The highest BCUT2D eigenvalue weighted by atomic mass is 35.5. The van der Waals surface area contributed by atoms with Crippen LogP contribution in [0.25, 0.3) is 17.4 Å². The maximum atomic E-state index is 12.6. The zero-order valence-electron chi connectivity index (χ0n) is 16.6. The van der Waals surface area contributed by atoms with Crippen LogP contribution in [0.1, 0.15) is 11.3 Å². The van der Waals surface area contributed by atoms with E-state index in [1.54, 1.807) is 18.2 Å². The monoisotopic (exact) mass is 477 g/mol. The summed E-state index contributed by atoms with van der Waals surface area (Å²) in [5, 5.41) is 26.3. The maximum Gasteiger partial charge on any atom is 0.288 e. The quantitative estimate of drug-likeness (QED) is 0.313. The first-order valence-electron chi connectivity index (χ1n) is 9.50. The Balaban J connectivity index is 1.44. The lowest BCUT2D eigenvalue weighted by Crippen LogP contribution is -2.35. The lowest BCUT2D eigenvalue weighted by atomic mass is 10.1. The Labute approximate surface area is 195 Å². The molecule has 0 fully saturated rings. The summed E-state index contributed by atoms with van der Waals surface area (Å²) in [4.78, 5) is 27.2. The Morgan fingerprint density at radius 2 is 1.91 bits per heavy atom. The Hall–Kier alpha value is -4.02. The molecule has 5 rings (SSSR count). The highest BCUT2D eigenvalue weighted by molar-refractivity contribution is 8.27. The number of carbonyl (C=O) groups is 1. The lowest BCUT2D eigenvalue weighted by molar-refractivity contribution is -0.384. The number of nitrogens with one attached hydrogen (secondary N) is 1. The van der Waals surface area contributed by atoms with Gasteiger partial charge in [-0.25, -0.2) is 0 Å². The molecule has 0 saturated heterocycles. The molecule has 11 heteroatoms. The van der Waals surface area contributed by atoms with Crippen LogP contribution in [0.3, 0.4) is 0 Å². The number of furan rings is 1. The predicted molar refractivity (Wildman–Crippen MR) is 126 cm³/mol. The average Bonchev–Trinajstić information content (AvgIpc) is 3.45. The van der Waals surface area contributed by atoms with Gasteiger partial charge in [-0.1, -0.05) is 41.9 Å². The number of thioether (sulfide) groups is 1. The topological polar surface area (TPSA) is 125 Å². The highest BCUT2D eigenvalue weighted by Crippen LogP contribution is 2.33. The molecule has 2 aromatic carbocycles. The molecule has 1 amide bonds. The number of amides is 1. The number of rotatable bonds is 4. The van der Waals surface area contributed by atoms with Crippen molar-refractivity contribution >= 4 is 57.1 Å². The van der Waals surface area contributed by atoms with Gasteiger partial charge >= 0.3 is 0 Å². The molecule has 0 unspecified atom stereocenters. The zero-order chi connectivity index (χ0) is 23.1. The van der Waals surface area contributed by atoms with Crippen molar-refractivity contribution in [2.24, 2.45) is 10.1 Å². The van der Waals surface area contributed by atoms with Crippen molar-refractivity contribution in [1.29, 1.82) is 5.41 Å². The summed E-state index contributed by atoms with van der Waals surface area (Å²) in [7, 11) is 0. The number of halogens is 1. The maximum absolute atomic E-state index is 12.6. The van der Waals surface area contributed by atoms with Crippen molar-refractivity contribution in [2.75, 3.05) is 0 Å². The van der Waals surface area contributed by atoms with Crippen LogP contribution in [-0.2, 0) is 4.79 Å². The number of hydrogen-bond acceptors (Lipinski definition) is 7. The largest absolute Gasteiger partial charge is 0.457 e. The van der Waals surface area contributed by atoms with Gasteiger partial charge in [0.05, 0.1) is 10.5 Å². The van der Waals surface area contributed by atoms with Gasteiger partial charge in [-0.3, -0.25) is 20.3 Å². The number of hydrazone groups is 1. The molecule has 33 heavy (non-hydrogen) atoms. The molecule has 1 aromatic heterocycles. The fraction of sp³-hybridized carbons (Fsp3) is 0. The lowest BCUT2D eigenvalue weighted by Gasteiger charge is -2.19. The summed E-state index contributed by atoms with van der Waals surface area (Å²) < 4.78 is 5.75. The van der Waals surface area contributed by atoms with Gasteiger partial charge < -0.3 is 4.42 Å². The number of nitrogens with zero attached hydrogens (tertiary/aromatic N) is 4. The van der Waals surface area contributed by atoms with Gasteiger partial charge in [0.15, 0.2) is 5.84 Å². The van der Waals surface area contributed by atoms with E-state index < -0.39 is 10.8 Å². The third kappa shape index (κ3) is 3.86. The van der Waals surface area contributed by atoms with Crippen molar-refractivity contribution in [3.05, 3.63) is 92.7 Å². The number of carbonyl (C=O) groups excluding carboxylic acids is 1. The normalized spacial score (nSPS) is 16.6. The molecule has 2 aliphatic rings. The Morgan fingerprint density at radius 3 is 2.67 bits per heavy atom. The van der Waals surface area contributed by atoms with Crippen LogP contribution in [0, 0.1) is 15.5 Å². The van der Waals surface area contributed by atoms with Gasteiger partial charge in [0, 0.05) is 17.2 Å². The van der Waals surface area contributed by atoms with E-state index in [9.17, 15) is 14.9 Å². The molecule has 0 atom stereocenters. The molecule has 3 aromatic rings.